The molecule has 0 aliphatic carbocycles. The van der Waals surface area contributed by atoms with Gasteiger partial charge in [-0.05, 0) is 41.7 Å². The van der Waals surface area contributed by atoms with Crippen LogP contribution in [0, 0.1) is 0 Å². The zero-order chi connectivity index (χ0) is 25.6. The van der Waals surface area contributed by atoms with Gasteiger partial charge < -0.3 is 10.2 Å². The van der Waals surface area contributed by atoms with Crippen LogP contribution in [-0.2, 0) is 26.2 Å². The molecular formula is C24H31Cl2N3O4S. The fourth-order valence-corrected chi connectivity index (χ4v) is 5.05. The van der Waals surface area contributed by atoms with Crippen LogP contribution >= 0.6 is 23.2 Å². The van der Waals surface area contributed by atoms with E-state index in [1.54, 1.807) is 37.3 Å². The van der Waals surface area contributed by atoms with Gasteiger partial charge in [-0.3, -0.25) is 13.9 Å². The average molecular weight is 529 g/mol. The van der Waals surface area contributed by atoms with Crippen LogP contribution in [-0.4, -0.2) is 51.0 Å². The molecule has 0 fully saturated rings. The van der Waals surface area contributed by atoms with Crippen molar-refractivity contribution in [2.24, 2.45) is 0 Å². The molecule has 0 spiro atoms. The smallest absolute Gasteiger partial charge is 0.244 e. The molecule has 0 saturated heterocycles. The molecule has 1 N–H and O–H groups in total. The number of halogens is 2. The minimum absolute atomic E-state index is 0.0180. The lowest BCUT2D eigenvalue weighted by molar-refractivity contribution is -0.140. The van der Waals surface area contributed by atoms with E-state index in [-0.39, 0.29) is 18.4 Å². The molecule has 7 nitrogen and oxygen atoms in total. The molecule has 0 radical (unpaired) electrons. The number of amides is 2. The van der Waals surface area contributed by atoms with E-state index in [9.17, 15) is 18.0 Å². The van der Waals surface area contributed by atoms with Gasteiger partial charge in [0.15, 0.2) is 0 Å². The maximum atomic E-state index is 13.6. The molecule has 10 heteroatoms. The van der Waals surface area contributed by atoms with Crippen LogP contribution < -0.4 is 9.62 Å². The number of rotatable bonds is 10. The Morgan fingerprint density at radius 1 is 1.09 bits per heavy atom. The number of carbonyl (C=O) groups is 2. The predicted molar refractivity (Wildman–Crippen MR) is 138 cm³/mol. The Labute approximate surface area is 212 Å². The fourth-order valence-electron chi connectivity index (χ4n) is 3.72. The third kappa shape index (κ3) is 6.87. The molecule has 0 aromatic heterocycles. The Morgan fingerprint density at radius 3 is 2.26 bits per heavy atom. The number of benzene rings is 2. The minimum atomic E-state index is -3.81. The zero-order valence-electron chi connectivity index (χ0n) is 20.0. The topological polar surface area (TPSA) is 86.8 Å². The summed E-state index contributed by atoms with van der Waals surface area (Å²) in [5, 5.41) is 3.37. The van der Waals surface area contributed by atoms with Gasteiger partial charge in [-0.1, -0.05) is 68.2 Å². The van der Waals surface area contributed by atoms with E-state index in [4.69, 9.17) is 23.2 Å². The highest BCUT2D eigenvalue weighted by atomic mass is 35.5. The molecule has 0 aliphatic heterocycles. The van der Waals surface area contributed by atoms with E-state index in [1.807, 2.05) is 26.0 Å². The van der Waals surface area contributed by atoms with Gasteiger partial charge in [-0.2, -0.15) is 0 Å². The van der Waals surface area contributed by atoms with Crippen molar-refractivity contribution in [2.75, 3.05) is 24.2 Å². The number of sulfonamides is 1. The first-order valence-electron chi connectivity index (χ1n) is 10.9. The van der Waals surface area contributed by atoms with Gasteiger partial charge in [0.25, 0.3) is 0 Å². The summed E-state index contributed by atoms with van der Waals surface area (Å²) in [5.41, 5.74) is 1.83. The Hall–Kier alpha value is -2.29. The number of carbonyl (C=O) groups excluding carboxylic acids is 2. The van der Waals surface area contributed by atoms with Crippen molar-refractivity contribution in [3.63, 3.8) is 0 Å². The van der Waals surface area contributed by atoms with E-state index in [0.717, 1.165) is 16.1 Å². The Balaban J connectivity index is 2.52. The average Bonchev–Trinajstić information content (AvgIpc) is 2.77. The van der Waals surface area contributed by atoms with Crippen molar-refractivity contribution in [3.8, 4) is 0 Å². The third-order valence-corrected chi connectivity index (χ3v) is 7.21. The molecule has 1 atom stereocenters. The summed E-state index contributed by atoms with van der Waals surface area (Å²) in [6.45, 7) is 5.25. The Bertz CT molecular complexity index is 1140. The SMILES string of the molecule is CC[C@H](C(=O)NC)N(Cc1ccc(Cl)cc1Cl)C(=O)CN(c1ccccc1C(C)C)S(C)(=O)=O. The molecule has 0 bridgehead atoms. The summed E-state index contributed by atoms with van der Waals surface area (Å²) < 4.78 is 26.7. The van der Waals surface area contributed by atoms with Crippen LogP contribution in [0.5, 0.6) is 0 Å². The fraction of sp³-hybridized carbons (Fsp3) is 0.417. The maximum Gasteiger partial charge on any atom is 0.244 e. The van der Waals surface area contributed by atoms with E-state index in [1.165, 1.54) is 11.9 Å². The molecule has 0 aliphatic rings. The number of hydrogen-bond acceptors (Lipinski definition) is 4. The second kappa shape index (κ2) is 11.9. The van der Waals surface area contributed by atoms with E-state index < -0.39 is 28.5 Å². The van der Waals surface area contributed by atoms with Crippen molar-refractivity contribution in [1.82, 2.24) is 10.2 Å². The van der Waals surface area contributed by atoms with Gasteiger partial charge in [0.05, 0.1) is 11.9 Å². The normalized spacial score (nSPS) is 12.4. The number of likely N-dealkylation sites (N-methyl/N-ethyl adjacent to an activating group) is 1. The molecule has 2 aromatic rings. The second-order valence-corrected chi connectivity index (χ2v) is 11.0. The lowest BCUT2D eigenvalue weighted by Crippen LogP contribution is -2.51. The van der Waals surface area contributed by atoms with Crippen molar-refractivity contribution < 1.29 is 18.0 Å². The standard InChI is InChI=1S/C24H31Cl2N3O4S/c1-6-21(24(31)27-4)28(14-17-11-12-18(25)13-20(17)26)23(30)15-29(34(5,32)33)22-10-8-7-9-19(22)16(2)3/h7-13,16,21H,6,14-15H2,1-5H3,(H,27,31)/t21-/m1/s1. The van der Waals surface area contributed by atoms with Crippen molar-refractivity contribution >= 4 is 50.7 Å². The quantitative estimate of drug-likeness (QED) is 0.494. The predicted octanol–water partition coefficient (Wildman–Crippen LogP) is 4.44. The van der Waals surface area contributed by atoms with Crippen LogP contribution in [0.1, 0.15) is 44.2 Å². The highest BCUT2D eigenvalue weighted by Crippen LogP contribution is 2.30. The van der Waals surface area contributed by atoms with Gasteiger partial charge in [0.2, 0.25) is 21.8 Å². The number of anilines is 1. The van der Waals surface area contributed by atoms with Crippen molar-refractivity contribution in [2.45, 2.75) is 45.7 Å². The van der Waals surface area contributed by atoms with E-state index >= 15 is 0 Å². The van der Waals surface area contributed by atoms with Gasteiger partial charge in [0.1, 0.15) is 12.6 Å². The minimum Gasteiger partial charge on any atom is -0.357 e. The largest absolute Gasteiger partial charge is 0.357 e. The van der Waals surface area contributed by atoms with Crippen LogP contribution in [0.25, 0.3) is 0 Å². The summed E-state index contributed by atoms with van der Waals surface area (Å²) in [7, 11) is -2.31. The molecule has 2 aromatic carbocycles. The van der Waals surface area contributed by atoms with Gasteiger partial charge >= 0.3 is 0 Å². The highest BCUT2D eigenvalue weighted by Gasteiger charge is 2.32. The molecule has 0 heterocycles. The number of nitrogens with zero attached hydrogens (tertiary/aromatic N) is 2. The van der Waals surface area contributed by atoms with Crippen LogP contribution in [0.2, 0.25) is 10.0 Å². The molecule has 0 saturated carbocycles. The molecule has 186 valence electrons. The third-order valence-electron chi connectivity index (χ3n) is 5.49. The number of nitrogens with one attached hydrogen (secondary N) is 1. The first-order chi connectivity index (χ1) is 15.9. The first-order valence-corrected chi connectivity index (χ1v) is 13.5. The van der Waals surface area contributed by atoms with Crippen LogP contribution in [0.3, 0.4) is 0 Å². The maximum absolute atomic E-state index is 13.6. The first kappa shape index (κ1) is 28.0. The summed E-state index contributed by atoms with van der Waals surface area (Å²) in [4.78, 5) is 27.6. The summed E-state index contributed by atoms with van der Waals surface area (Å²) in [6, 6.07) is 11.2. The van der Waals surface area contributed by atoms with E-state index in [0.29, 0.717) is 27.7 Å². The van der Waals surface area contributed by atoms with Crippen molar-refractivity contribution in [1.29, 1.82) is 0 Å². The molecule has 34 heavy (non-hydrogen) atoms. The van der Waals surface area contributed by atoms with Crippen LogP contribution in [0.15, 0.2) is 42.5 Å². The van der Waals surface area contributed by atoms with Crippen LogP contribution in [0.4, 0.5) is 5.69 Å². The number of hydrogen-bond donors (Lipinski definition) is 1. The lowest BCUT2D eigenvalue weighted by Gasteiger charge is -2.33. The zero-order valence-corrected chi connectivity index (χ0v) is 22.3. The van der Waals surface area contributed by atoms with Crippen molar-refractivity contribution in [3.05, 3.63) is 63.6 Å². The lowest BCUT2D eigenvalue weighted by atomic mass is 10.0. The number of para-hydroxylation sites is 1. The van der Waals surface area contributed by atoms with Gasteiger partial charge in [-0.15, -0.1) is 0 Å². The summed E-state index contributed by atoms with van der Waals surface area (Å²) >= 11 is 12.3. The second-order valence-electron chi connectivity index (χ2n) is 8.28. The molecule has 0 unspecified atom stereocenters. The monoisotopic (exact) mass is 527 g/mol. The Kier molecular flexibility index (Phi) is 9.79. The van der Waals surface area contributed by atoms with Gasteiger partial charge in [-0.25, -0.2) is 8.42 Å². The summed E-state index contributed by atoms with van der Waals surface area (Å²) in [6.07, 6.45) is 1.39. The molecule has 2 rings (SSSR count). The molecular weight excluding hydrogens is 497 g/mol. The van der Waals surface area contributed by atoms with E-state index in [2.05, 4.69) is 5.32 Å². The molecule has 2 amide bonds. The summed E-state index contributed by atoms with van der Waals surface area (Å²) in [5.74, 6) is -0.839. The highest BCUT2D eigenvalue weighted by molar-refractivity contribution is 7.92. The van der Waals surface area contributed by atoms with Gasteiger partial charge in [0, 0.05) is 23.6 Å². The Morgan fingerprint density at radius 2 is 1.74 bits per heavy atom.